The summed E-state index contributed by atoms with van der Waals surface area (Å²) in [5.41, 5.74) is 6.59. The number of nitrogens with one attached hydrogen (secondary N) is 2. The fraction of sp³-hybridized carbons (Fsp3) is 0. The van der Waals surface area contributed by atoms with Gasteiger partial charge in [-0.15, -0.1) is 12.6 Å². The molecule has 0 amide bonds. The van der Waals surface area contributed by atoms with Crippen molar-refractivity contribution in [2.75, 3.05) is 5.73 Å². The molecule has 1 aromatic carbocycles. The quantitative estimate of drug-likeness (QED) is 0.376. The second kappa shape index (κ2) is 5.70. The van der Waals surface area contributed by atoms with Gasteiger partial charge in [-0.2, -0.15) is 0 Å². The molecule has 0 bridgehead atoms. The van der Waals surface area contributed by atoms with E-state index < -0.39 is 0 Å². The van der Waals surface area contributed by atoms with Gasteiger partial charge in [0.15, 0.2) is 4.77 Å². The van der Waals surface area contributed by atoms with Gasteiger partial charge in [-0.3, -0.25) is 0 Å². The molecule has 3 rings (SSSR count). The maximum Gasteiger partial charge on any atom is 0.198 e. The molecule has 4 N–H and O–H groups in total. The molecule has 0 unspecified atom stereocenters. The first-order chi connectivity index (χ1) is 8.66. The maximum absolute atomic E-state index is 5.38. The lowest BCUT2D eigenvalue weighted by Crippen LogP contribution is -1.92. The maximum atomic E-state index is 5.38. The Hall–Kier alpha value is -1.79. The predicted octanol–water partition coefficient (Wildman–Crippen LogP) is 3.18. The van der Waals surface area contributed by atoms with Crippen LogP contribution in [0.4, 0.5) is 5.82 Å². The Morgan fingerprint density at radius 2 is 2.00 bits per heavy atom. The number of nitrogens with zero attached hydrogens (tertiary/aromatic N) is 1. The average Bonchev–Trinajstić information content (AvgIpc) is 2.83. The van der Waals surface area contributed by atoms with Gasteiger partial charge in [0, 0.05) is 17.9 Å². The first kappa shape index (κ1) is 12.7. The number of fused-ring (bicyclic) bond motifs is 1. The van der Waals surface area contributed by atoms with Crippen molar-refractivity contribution in [3.63, 3.8) is 0 Å². The van der Waals surface area contributed by atoms with Crippen LogP contribution in [0.25, 0.3) is 10.9 Å². The smallest absolute Gasteiger partial charge is 0.198 e. The van der Waals surface area contributed by atoms with Crippen molar-refractivity contribution in [2.45, 2.75) is 4.90 Å². The Morgan fingerprint density at radius 3 is 2.67 bits per heavy atom. The summed E-state index contributed by atoms with van der Waals surface area (Å²) >= 11 is 8.66. The Morgan fingerprint density at radius 1 is 1.22 bits per heavy atom. The van der Waals surface area contributed by atoms with Crippen LogP contribution in [0, 0.1) is 4.77 Å². The van der Waals surface area contributed by atoms with Crippen LogP contribution in [0.2, 0.25) is 0 Å². The van der Waals surface area contributed by atoms with Gasteiger partial charge in [0.1, 0.15) is 5.82 Å². The minimum absolute atomic E-state index is 0.380. The standard InChI is InChI=1S/C8H7N.C4H5N3S2/c1-2-4-8-7(3-1)5-6-9-8;5-3-2(8)1-6-4(9)7-3/h1-6,9H;1,8H,(H3,5,6,7,9). The number of H-pyrrole nitrogens is 2. The van der Waals surface area contributed by atoms with Crippen molar-refractivity contribution in [1.29, 1.82) is 0 Å². The SMILES string of the molecule is Nc1[nH]c(=S)ncc1S.c1ccc2[nH]ccc2c1. The second-order valence-electron chi connectivity index (χ2n) is 3.55. The van der Waals surface area contributed by atoms with E-state index in [4.69, 9.17) is 5.73 Å². The first-order valence-corrected chi connectivity index (χ1v) is 6.08. The van der Waals surface area contributed by atoms with Crippen molar-refractivity contribution in [3.05, 3.63) is 47.5 Å². The topological polar surface area (TPSA) is 70.5 Å². The summed E-state index contributed by atoms with van der Waals surface area (Å²) in [6, 6.07) is 10.3. The van der Waals surface area contributed by atoms with E-state index in [1.807, 2.05) is 18.3 Å². The minimum atomic E-state index is 0.380. The van der Waals surface area contributed by atoms with E-state index in [-0.39, 0.29) is 0 Å². The lowest BCUT2D eigenvalue weighted by molar-refractivity contribution is 1.09. The van der Waals surface area contributed by atoms with E-state index >= 15 is 0 Å². The average molecular weight is 276 g/mol. The molecule has 0 aliphatic rings. The molecule has 2 aromatic heterocycles. The van der Waals surface area contributed by atoms with Gasteiger partial charge < -0.3 is 15.7 Å². The van der Waals surface area contributed by atoms with Crippen LogP contribution in [0.15, 0.2) is 47.6 Å². The van der Waals surface area contributed by atoms with Gasteiger partial charge in [-0.25, -0.2) is 4.98 Å². The van der Waals surface area contributed by atoms with Crippen LogP contribution in [-0.4, -0.2) is 15.0 Å². The number of nitrogen functional groups attached to an aromatic ring is 1. The molecule has 18 heavy (non-hydrogen) atoms. The van der Waals surface area contributed by atoms with Crippen LogP contribution in [0.5, 0.6) is 0 Å². The normalized spacial score (nSPS) is 9.83. The van der Waals surface area contributed by atoms with E-state index in [1.165, 1.54) is 17.1 Å². The monoisotopic (exact) mass is 276 g/mol. The molecule has 0 aliphatic carbocycles. The summed E-state index contributed by atoms with van der Waals surface area (Å²) in [6.07, 6.45) is 3.46. The van der Waals surface area contributed by atoms with Crippen LogP contribution in [-0.2, 0) is 0 Å². The van der Waals surface area contributed by atoms with Gasteiger partial charge in [0.05, 0.1) is 4.90 Å². The largest absolute Gasteiger partial charge is 0.384 e. The number of para-hydroxylation sites is 1. The zero-order valence-electron chi connectivity index (χ0n) is 9.42. The van der Waals surface area contributed by atoms with E-state index in [0.717, 1.165) is 0 Å². The molecule has 0 radical (unpaired) electrons. The number of benzene rings is 1. The number of hydrogen-bond donors (Lipinski definition) is 4. The van der Waals surface area contributed by atoms with Crippen LogP contribution < -0.4 is 5.73 Å². The number of hydrogen-bond acceptors (Lipinski definition) is 4. The molecule has 0 spiro atoms. The fourth-order valence-electron chi connectivity index (χ4n) is 1.40. The summed E-state index contributed by atoms with van der Waals surface area (Å²) in [7, 11) is 0. The van der Waals surface area contributed by atoms with Crippen LogP contribution >= 0.6 is 24.8 Å². The first-order valence-electron chi connectivity index (χ1n) is 5.22. The number of thiol groups is 1. The molecule has 3 aromatic rings. The lowest BCUT2D eigenvalue weighted by Gasteiger charge is -1.94. The van der Waals surface area contributed by atoms with Gasteiger partial charge in [-0.1, -0.05) is 18.2 Å². The van der Waals surface area contributed by atoms with Crippen LogP contribution in [0.1, 0.15) is 0 Å². The molecular formula is C12H12N4S2. The summed E-state index contributed by atoms with van der Waals surface area (Å²) in [6.45, 7) is 0. The highest BCUT2D eigenvalue weighted by Crippen LogP contribution is 2.09. The minimum Gasteiger partial charge on any atom is -0.384 e. The molecule has 2 heterocycles. The molecule has 6 heteroatoms. The number of rotatable bonds is 0. The van der Waals surface area contributed by atoms with E-state index in [0.29, 0.717) is 15.5 Å². The van der Waals surface area contributed by atoms with Gasteiger partial charge in [0.25, 0.3) is 0 Å². The highest BCUT2D eigenvalue weighted by Gasteiger charge is 1.90. The summed E-state index contributed by atoms with van der Waals surface area (Å²) in [5.74, 6) is 0.457. The zero-order valence-corrected chi connectivity index (χ0v) is 11.1. The van der Waals surface area contributed by atoms with Gasteiger partial charge in [-0.05, 0) is 29.7 Å². The lowest BCUT2D eigenvalue weighted by atomic mass is 10.3. The van der Waals surface area contributed by atoms with E-state index in [2.05, 4.69) is 58.0 Å². The molecule has 0 fully saturated rings. The Balaban J connectivity index is 0.000000134. The number of aromatic amines is 2. The third kappa shape index (κ3) is 3.12. The highest BCUT2D eigenvalue weighted by molar-refractivity contribution is 7.80. The highest BCUT2D eigenvalue weighted by atomic mass is 32.1. The number of aromatic nitrogens is 3. The van der Waals surface area contributed by atoms with Crippen molar-refractivity contribution >= 4 is 41.6 Å². The Kier molecular flexibility index (Phi) is 4.01. The number of anilines is 1. The molecule has 0 saturated carbocycles. The molecule has 0 saturated heterocycles. The van der Waals surface area contributed by atoms with Crippen molar-refractivity contribution in [1.82, 2.24) is 15.0 Å². The van der Waals surface area contributed by atoms with Gasteiger partial charge in [0.2, 0.25) is 0 Å². The second-order valence-corrected chi connectivity index (χ2v) is 4.42. The van der Waals surface area contributed by atoms with Gasteiger partial charge >= 0.3 is 0 Å². The molecule has 0 atom stereocenters. The Bertz CT molecular complexity index is 672. The zero-order chi connectivity index (χ0) is 13.0. The molecular weight excluding hydrogens is 264 g/mol. The molecule has 4 nitrogen and oxygen atoms in total. The fourth-order valence-corrected chi connectivity index (χ4v) is 1.67. The third-order valence-electron chi connectivity index (χ3n) is 2.28. The predicted molar refractivity (Wildman–Crippen MR) is 79.4 cm³/mol. The van der Waals surface area contributed by atoms with E-state index in [9.17, 15) is 0 Å². The Labute approximate surface area is 115 Å². The van der Waals surface area contributed by atoms with Crippen LogP contribution in [0.3, 0.4) is 0 Å². The molecule has 0 aliphatic heterocycles. The molecule has 92 valence electrons. The number of nitrogens with two attached hydrogens (primary N) is 1. The van der Waals surface area contributed by atoms with Crippen molar-refractivity contribution < 1.29 is 0 Å². The summed E-state index contributed by atoms with van der Waals surface area (Å²) in [5, 5.41) is 1.28. The summed E-state index contributed by atoms with van der Waals surface area (Å²) < 4.78 is 0.380. The third-order valence-corrected chi connectivity index (χ3v) is 2.85. The van der Waals surface area contributed by atoms with Crippen molar-refractivity contribution in [3.8, 4) is 0 Å². The summed E-state index contributed by atoms with van der Waals surface area (Å²) in [4.78, 5) is 10.1. The van der Waals surface area contributed by atoms with E-state index in [1.54, 1.807) is 0 Å². The van der Waals surface area contributed by atoms with Crippen molar-refractivity contribution in [2.24, 2.45) is 0 Å².